The van der Waals surface area contributed by atoms with E-state index in [4.69, 9.17) is 0 Å². The first-order valence-corrected chi connectivity index (χ1v) is 8.53. The van der Waals surface area contributed by atoms with Crippen LogP contribution in [-0.4, -0.2) is 54.4 Å². The summed E-state index contributed by atoms with van der Waals surface area (Å²) in [7, 11) is 0. The van der Waals surface area contributed by atoms with Crippen molar-refractivity contribution < 1.29 is 9.18 Å². The summed E-state index contributed by atoms with van der Waals surface area (Å²) in [4.78, 5) is 19.9. The first-order valence-electron chi connectivity index (χ1n) is 7.74. The molecule has 0 aliphatic carbocycles. The number of halogens is 2. The zero-order chi connectivity index (χ0) is 16.8. The van der Waals surface area contributed by atoms with Crippen LogP contribution in [0.2, 0.25) is 0 Å². The van der Waals surface area contributed by atoms with Gasteiger partial charge in [0, 0.05) is 49.7 Å². The Hall–Kier alpha value is -1.63. The van der Waals surface area contributed by atoms with Crippen LogP contribution in [0.3, 0.4) is 0 Å². The normalized spacial score (nSPS) is 15.7. The number of piperazine rings is 1. The van der Waals surface area contributed by atoms with Gasteiger partial charge in [-0.1, -0.05) is 15.9 Å². The van der Waals surface area contributed by atoms with Crippen molar-refractivity contribution in [3.05, 3.63) is 34.1 Å². The van der Waals surface area contributed by atoms with E-state index >= 15 is 0 Å². The first-order chi connectivity index (χ1) is 11.0. The standard InChI is InChI=1S/C16H22BrFN4O/c1-3-19-16(22-8-6-21(7-9-22)12(2)23)20-11-13-10-14(17)4-5-15(13)18/h4-5,10H,3,6-9,11H2,1-2H3,(H,19,20). The Kier molecular flexibility index (Phi) is 6.38. The van der Waals surface area contributed by atoms with Crippen LogP contribution in [0.15, 0.2) is 27.7 Å². The SMILES string of the molecule is CCNC(=NCc1cc(Br)ccc1F)N1CCN(C(C)=O)CC1. The molecule has 1 N–H and O–H groups in total. The van der Waals surface area contributed by atoms with Crippen LogP contribution in [0, 0.1) is 5.82 Å². The third kappa shape index (κ3) is 4.92. The Labute approximate surface area is 144 Å². The van der Waals surface area contributed by atoms with Crippen LogP contribution in [0.4, 0.5) is 4.39 Å². The van der Waals surface area contributed by atoms with Crippen LogP contribution in [-0.2, 0) is 11.3 Å². The third-order valence-corrected chi connectivity index (χ3v) is 4.26. The molecule has 0 spiro atoms. The van der Waals surface area contributed by atoms with Gasteiger partial charge < -0.3 is 15.1 Å². The van der Waals surface area contributed by atoms with Gasteiger partial charge in [-0.25, -0.2) is 9.38 Å². The number of aliphatic imine (C=N–C) groups is 1. The van der Waals surface area contributed by atoms with Crippen molar-refractivity contribution in [2.24, 2.45) is 4.99 Å². The minimum absolute atomic E-state index is 0.0998. The van der Waals surface area contributed by atoms with Gasteiger partial charge in [0.1, 0.15) is 5.82 Å². The average Bonchev–Trinajstić information content (AvgIpc) is 2.54. The van der Waals surface area contributed by atoms with E-state index in [0.29, 0.717) is 18.7 Å². The van der Waals surface area contributed by atoms with Gasteiger partial charge in [0.25, 0.3) is 0 Å². The van der Waals surface area contributed by atoms with Crippen LogP contribution in [0.1, 0.15) is 19.4 Å². The number of nitrogens with zero attached hydrogens (tertiary/aromatic N) is 3. The van der Waals surface area contributed by atoms with Crippen molar-refractivity contribution in [1.29, 1.82) is 0 Å². The average molecular weight is 385 g/mol. The molecule has 0 atom stereocenters. The molecule has 0 bridgehead atoms. The molecule has 1 saturated heterocycles. The van der Waals surface area contributed by atoms with Crippen LogP contribution in [0.5, 0.6) is 0 Å². The molecule has 1 aliphatic rings. The van der Waals surface area contributed by atoms with Gasteiger partial charge >= 0.3 is 0 Å². The Balaban J connectivity index is 2.06. The number of hydrogen-bond donors (Lipinski definition) is 1. The maximum Gasteiger partial charge on any atom is 0.219 e. The molecule has 1 fully saturated rings. The van der Waals surface area contributed by atoms with E-state index < -0.39 is 0 Å². The van der Waals surface area contributed by atoms with Crippen molar-refractivity contribution in [2.75, 3.05) is 32.7 Å². The molecule has 0 unspecified atom stereocenters. The zero-order valence-electron chi connectivity index (χ0n) is 13.5. The fourth-order valence-corrected chi connectivity index (χ4v) is 2.89. The van der Waals surface area contributed by atoms with Crippen molar-refractivity contribution in [3.63, 3.8) is 0 Å². The van der Waals surface area contributed by atoms with E-state index in [0.717, 1.165) is 30.1 Å². The largest absolute Gasteiger partial charge is 0.357 e. The summed E-state index contributed by atoms with van der Waals surface area (Å²) >= 11 is 3.35. The maximum atomic E-state index is 13.8. The molecule has 2 rings (SSSR count). The van der Waals surface area contributed by atoms with Gasteiger partial charge in [-0.3, -0.25) is 4.79 Å². The number of carbonyl (C=O) groups is 1. The first kappa shape index (κ1) is 17.7. The summed E-state index contributed by atoms with van der Waals surface area (Å²) in [6.07, 6.45) is 0. The molecule has 5 nitrogen and oxygen atoms in total. The zero-order valence-corrected chi connectivity index (χ0v) is 15.1. The smallest absolute Gasteiger partial charge is 0.219 e. The van der Waals surface area contributed by atoms with Crippen molar-refractivity contribution in [2.45, 2.75) is 20.4 Å². The second-order valence-electron chi connectivity index (χ2n) is 5.40. The molecule has 1 heterocycles. The van der Waals surface area contributed by atoms with Gasteiger partial charge in [-0.2, -0.15) is 0 Å². The van der Waals surface area contributed by atoms with Gasteiger partial charge in [0.2, 0.25) is 5.91 Å². The van der Waals surface area contributed by atoms with E-state index in [9.17, 15) is 9.18 Å². The summed E-state index contributed by atoms with van der Waals surface area (Å²) < 4.78 is 14.7. The molecule has 23 heavy (non-hydrogen) atoms. The second kappa shape index (κ2) is 8.29. The fraction of sp³-hybridized carbons (Fsp3) is 0.500. The van der Waals surface area contributed by atoms with E-state index in [1.807, 2.05) is 11.8 Å². The highest BCUT2D eigenvalue weighted by Crippen LogP contribution is 2.16. The predicted molar refractivity (Wildman–Crippen MR) is 92.7 cm³/mol. The lowest BCUT2D eigenvalue weighted by Gasteiger charge is -2.36. The number of guanidine groups is 1. The number of benzene rings is 1. The molecule has 0 saturated carbocycles. The second-order valence-corrected chi connectivity index (χ2v) is 6.31. The van der Waals surface area contributed by atoms with Crippen LogP contribution < -0.4 is 5.32 Å². The topological polar surface area (TPSA) is 47.9 Å². The van der Waals surface area contributed by atoms with Crippen molar-refractivity contribution in [1.82, 2.24) is 15.1 Å². The molecule has 126 valence electrons. The summed E-state index contributed by atoms with van der Waals surface area (Å²) in [5.74, 6) is 0.604. The van der Waals surface area contributed by atoms with Crippen molar-refractivity contribution >= 4 is 27.8 Å². The number of amides is 1. The Bertz CT molecular complexity index is 585. The molecule has 1 aliphatic heterocycles. The molecule has 7 heteroatoms. The predicted octanol–water partition coefficient (Wildman–Crippen LogP) is 2.22. The Morgan fingerprint density at radius 3 is 2.57 bits per heavy atom. The minimum Gasteiger partial charge on any atom is -0.357 e. The molecule has 0 aromatic heterocycles. The Morgan fingerprint density at radius 1 is 1.30 bits per heavy atom. The quantitative estimate of drug-likeness (QED) is 0.641. The maximum absolute atomic E-state index is 13.8. The van der Waals surface area contributed by atoms with Gasteiger partial charge in [0.05, 0.1) is 6.54 Å². The van der Waals surface area contributed by atoms with Gasteiger partial charge in [-0.05, 0) is 25.1 Å². The molecule has 1 aromatic rings. The summed E-state index contributed by atoms with van der Waals surface area (Å²) in [6.45, 7) is 7.44. The molecule has 0 radical (unpaired) electrons. The lowest BCUT2D eigenvalue weighted by molar-refractivity contribution is -0.130. The molecule has 1 aromatic carbocycles. The van der Waals surface area contributed by atoms with Gasteiger partial charge in [-0.15, -0.1) is 0 Å². The number of rotatable bonds is 3. The van der Waals surface area contributed by atoms with Crippen LogP contribution >= 0.6 is 15.9 Å². The summed E-state index contributed by atoms with van der Waals surface area (Å²) in [5.41, 5.74) is 0.553. The molecular formula is C16H22BrFN4O. The summed E-state index contributed by atoms with van der Waals surface area (Å²) in [6, 6.07) is 4.86. The van der Waals surface area contributed by atoms with E-state index in [1.54, 1.807) is 19.1 Å². The number of carbonyl (C=O) groups excluding carboxylic acids is 1. The van der Waals surface area contributed by atoms with E-state index in [1.165, 1.54) is 6.07 Å². The third-order valence-electron chi connectivity index (χ3n) is 3.77. The molecular weight excluding hydrogens is 363 g/mol. The van der Waals surface area contributed by atoms with Gasteiger partial charge in [0.15, 0.2) is 5.96 Å². The number of nitrogens with one attached hydrogen (secondary N) is 1. The minimum atomic E-state index is -0.255. The van der Waals surface area contributed by atoms with E-state index in [-0.39, 0.29) is 18.3 Å². The molecule has 1 amide bonds. The van der Waals surface area contributed by atoms with E-state index in [2.05, 4.69) is 31.1 Å². The lowest BCUT2D eigenvalue weighted by Crippen LogP contribution is -2.53. The highest BCUT2D eigenvalue weighted by Gasteiger charge is 2.20. The summed E-state index contributed by atoms with van der Waals surface area (Å²) in [5, 5.41) is 3.24. The lowest BCUT2D eigenvalue weighted by atomic mass is 10.2. The van der Waals surface area contributed by atoms with Crippen molar-refractivity contribution in [3.8, 4) is 0 Å². The Morgan fingerprint density at radius 2 is 1.96 bits per heavy atom. The highest BCUT2D eigenvalue weighted by atomic mass is 79.9. The number of hydrogen-bond acceptors (Lipinski definition) is 2. The fourth-order valence-electron chi connectivity index (χ4n) is 2.48. The highest BCUT2D eigenvalue weighted by molar-refractivity contribution is 9.10. The monoisotopic (exact) mass is 384 g/mol. The van der Waals surface area contributed by atoms with Crippen LogP contribution in [0.25, 0.3) is 0 Å².